The SMILES string of the molecule is CCOc1cc(/C=C(/C#N)C(=O)Nc2cc(Cl)ccc2C)cc(Br)c1OC(C)C. The lowest BCUT2D eigenvalue weighted by atomic mass is 10.1. The van der Waals surface area contributed by atoms with Gasteiger partial charge in [-0.05, 0) is 85.1 Å². The number of carbonyl (C=O) groups is 1. The van der Waals surface area contributed by atoms with Gasteiger partial charge < -0.3 is 14.8 Å². The summed E-state index contributed by atoms with van der Waals surface area (Å²) in [6.45, 7) is 8.02. The minimum absolute atomic E-state index is 0.0340. The molecule has 0 unspecified atom stereocenters. The van der Waals surface area contributed by atoms with E-state index in [1.54, 1.807) is 30.3 Å². The Labute approximate surface area is 184 Å². The van der Waals surface area contributed by atoms with Crippen LogP contribution in [-0.4, -0.2) is 18.6 Å². The number of amides is 1. The number of ether oxygens (including phenoxy) is 2. The average molecular weight is 478 g/mol. The lowest BCUT2D eigenvalue weighted by Gasteiger charge is -2.17. The molecule has 0 aliphatic rings. The topological polar surface area (TPSA) is 71.3 Å². The van der Waals surface area contributed by atoms with Crippen molar-refractivity contribution < 1.29 is 14.3 Å². The summed E-state index contributed by atoms with van der Waals surface area (Å²) in [7, 11) is 0. The third kappa shape index (κ3) is 6.25. The highest BCUT2D eigenvalue weighted by Crippen LogP contribution is 2.38. The molecule has 0 aliphatic heterocycles. The van der Waals surface area contributed by atoms with Gasteiger partial charge in [-0.15, -0.1) is 0 Å². The Kier molecular flexibility index (Phi) is 8.12. The van der Waals surface area contributed by atoms with E-state index in [1.165, 1.54) is 6.08 Å². The van der Waals surface area contributed by atoms with Crippen molar-refractivity contribution in [1.29, 1.82) is 5.26 Å². The van der Waals surface area contributed by atoms with Crippen molar-refractivity contribution in [2.45, 2.75) is 33.8 Å². The van der Waals surface area contributed by atoms with Crippen LogP contribution in [0.15, 0.2) is 40.4 Å². The van der Waals surface area contributed by atoms with Gasteiger partial charge in [0, 0.05) is 10.7 Å². The molecule has 2 aromatic rings. The predicted molar refractivity (Wildman–Crippen MR) is 119 cm³/mol. The van der Waals surface area contributed by atoms with Crippen molar-refractivity contribution >= 4 is 45.2 Å². The van der Waals surface area contributed by atoms with Gasteiger partial charge in [-0.25, -0.2) is 0 Å². The molecule has 0 fully saturated rings. The minimum Gasteiger partial charge on any atom is -0.490 e. The first kappa shape index (κ1) is 22.8. The van der Waals surface area contributed by atoms with Crippen LogP contribution in [0.2, 0.25) is 5.02 Å². The molecule has 1 N–H and O–H groups in total. The van der Waals surface area contributed by atoms with E-state index in [0.717, 1.165) is 5.56 Å². The van der Waals surface area contributed by atoms with E-state index in [0.29, 0.717) is 38.9 Å². The van der Waals surface area contributed by atoms with Crippen LogP contribution < -0.4 is 14.8 Å². The molecular formula is C22H22BrClN2O3. The first-order valence-corrected chi connectivity index (χ1v) is 10.2. The molecular weight excluding hydrogens is 456 g/mol. The number of hydrogen-bond acceptors (Lipinski definition) is 4. The Morgan fingerprint density at radius 2 is 2.07 bits per heavy atom. The second-order valence-electron chi connectivity index (χ2n) is 6.51. The number of rotatable bonds is 7. The zero-order valence-electron chi connectivity index (χ0n) is 16.7. The number of halogens is 2. The molecule has 0 bridgehead atoms. The number of nitrogens with zero attached hydrogens (tertiary/aromatic N) is 1. The normalized spacial score (nSPS) is 11.2. The van der Waals surface area contributed by atoms with Gasteiger partial charge in [-0.2, -0.15) is 5.26 Å². The van der Waals surface area contributed by atoms with Gasteiger partial charge in [-0.3, -0.25) is 4.79 Å². The van der Waals surface area contributed by atoms with E-state index in [9.17, 15) is 10.1 Å². The second-order valence-corrected chi connectivity index (χ2v) is 7.80. The van der Waals surface area contributed by atoms with Gasteiger partial charge in [0.2, 0.25) is 0 Å². The number of nitriles is 1. The van der Waals surface area contributed by atoms with Gasteiger partial charge >= 0.3 is 0 Å². The highest BCUT2D eigenvalue weighted by Gasteiger charge is 2.16. The summed E-state index contributed by atoms with van der Waals surface area (Å²) < 4.78 is 12.2. The van der Waals surface area contributed by atoms with E-state index >= 15 is 0 Å². The molecule has 0 spiro atoms. The lowest BCUT2D eigenvalue weighted by Crippen LogP contribution is -2.14. The van der Waals surface area contributed by atoms with Gasteiger partial charge in [0.1, 0.15) is 11.6 Å². The molecule has 5 nitrogen and oxygen atoms in total. The fourth-order valence-electron chi connectivity index (χ4n) is 2.52. The monoisotopic (exact) mass is 476 g/mol. The van der Waals surface area contributed by atoms with Gasteiger partial charge in [0.25, 0.3) is 5.91 Å². The summed E-state index contributed by atoms with van der Waals surface area (Å²) in [5.41, 5.74) is 1.99. The summed E-state index contributed by atoms with van der Waals surface area (Å²) in [5.74, 6) is 0.594. The molecule has 7 heteroatoms. The smallest absolute Gasteiger partial charge is 0.266 e. The van der Waals surface area contributed by atoms with Crippen LogP contribution in [0.5, 0.6) is 11.5 Å². The molecule has 0 heterocycles. The van der Waals surface area contributed by atoms with Gasteiger partial charge in [-0.1, -0.05) is 17.7 Å². The quantitative estimate of drug-likeness (QED) is 0.384. The molecule has 29 heavy (non-hydrogen) atoms. The minimum atomic E-state index is -0.519. The predicted octanol–water partition coefficient (Wildman–Crippen LogP) is 6.14. The molecule has 0 radical (unpaired) electrons. The zero-order valence-corrected chi connectivity index (χ0v) is 19.0. The van der Waals surface area contributed by atoms with E-state index in [1.807, 2.05) is 33.8 Å². The van der Waals surface area contributed by atoms with Crippen LogP contribution in [-0.2, 0) is 4.79 Å². The Morgan fingerprint density at radius 1 is 1.34 bits per heavy atom. The van der Waals surface area contributed by atoms with Crippen LogP contribution in [0.25, 0.3) is 6.08 Å². The Balaban J connectivity index is 2.37. The van der Waals surface area contributed by atoms with Crippen LogP contribution in [0.4, 0.5) is 5.69 Å². The second kappa shape index (κ2) is 10.3. The molecule has 2 aromatic carbocycles. The molecule has 2 rings (SSSR count). The molecule has 0 aromatic heterocycles. The summed E-state index contributed by atoms with van der Waals surface area (Å²) >= 11 is 9.48. The standard InChI is InChI=1S/C22H22BrClN2O3/c1-5-28-20-10-15(9-18(23)21(20)29-13(2)3)8-16(12-25)22(27)26-19-11-17(24)7-6-14(19)4/h6-11,13H,5H2,1-4H3,(H,26,27)/b16-8-. The summed E-state index contributed by atoms with van der Waals surface area (Å²) in [4.78, 5) is 12.6. The van der Waals surface area contributed by atoms with Crippen LogP contribution in [0.3, 0.4) is 0 Å². The fourth-order valence-corrected chi connectivity index (χ4v) is 3.24. The van der Waals surface area contributed by atoms with Gasteiger partial charge in [0.15, 0.2) is 11.5 Å². The fraction of sp³-hybridized carbons (Fsp3) is 0.273. The first-order valence-electron chi connectivity index (χ1n) is 9.07. The maximum absolute atomic E-state index is 12.6. The molecule has 0 atom stereocenters. The van der Waals surface area contributed by atoms with E-state index in [2.05, 4.69) is 21.2 Å². The zero-order chi connectivity index (χ0) is 21.6. The third-order valence-electron chi connectivity index (χ3n) is 3.81. The van der Waals surface area contributed by atoms with Crippen molar-refractivity contribution in [3.05, 3.63) is 56.5 Å². The van der Waals surface area contributed by atoms with E-state index in [4.69, 9.17) is 21.1 Å². The number of benzene rings is 2. The molecule has 0 aliphatic carbocycles. The molecule has 0 saturated heterocycles. The maximum atomic E-state index is 12.6. The summed E-state index contributed by atoms with van der Waals surface area (Å²) in [6.07, 6.45) is 1.47. The number of nitrogens with one attached hydrogen (secondary N) is 1. The van der Waals surface area contributed by atoms with E-state index < -0.39 is 5.91 Å². The van der Waals surface area contributed by atoms with Gasteiger partial charge in [0.05, 0.1) is 17.2 Å². The van der Waals surface area contributed by atoms with Crippen molar-refractivity contribution in [2.24, 2.45) is 0 Å². The third-order valence-corrected chi connectivity index (χ3v) is 4.63. The van der Waals surface area contributed by atoms with Crippen molar-refractivity contribution in [1.82, 2.24) is 0 Å². The summed E-state index contributed by atoms with van der Waals surface area (Å²) in [5, 5.41) is 12.7. The highest BCUT2D eigenvalue weighted by atomic mass is 79.9. The van der Waals surface area contributed by atoms with Crippen LogP contribution >= 0.6 is 27.5 Å². The Morgan fingerprint density at radius 3 is 2.69 bits per heavy atom. The average Bonchev–Trinajstić information content (AvgIpc) is 2.65. The molecule has 0 saturated carbocycles. The largest absolute Gasteiger partial charge is 0.490 e. The Hall–Kier alpha value is -2.49. The number of carbonyl (C=O) groups excluding carboxylic acids is 1. The summed E-state index contributed by atoms with van der Waals surface area (Å²) in [6, 6.07) is 10.6. The van der Waals surface area contributed by atoms with Crippen LogP contribution in [0.1, 0.15) is 31.9 Å². The highest BCUT2D eigenvalue weighted by molar-refractivity contribution is 9.10. The molecule has 152 valence electrons. The first-order chi connectivity index (χ1) is 13.7. The number of hydrogen-bond donors (Lipinski definition) is 1. The Bertz CT molecular complexity index is 981. The number of anilines is 1. The maximum Gasteiger partial charge on any atom is 0.266 e. The van der Waals surface area contributed by atoms with Crippen molar-refractivity contribution in [3.8, 4) is 17.6 Å². The molecule has 1 amide bonds. The van der Waals surface area contributed by atoms with Crippen LogP contribution in [0, 0.1) is 18.3 Å². The number of aryl methyl sites for hydroxylation is 1. The van der Waals surface area contributed by atoms with Crippen molar-refractivity contribution in [3.63, 3.8) is 0 Å². The van der Waals surface area contributed by atoms with E-state index in [-0.39, 0.29) is 11.7 Å². The lowest BCUT2D eigenvalue weighted by molar-refractivity contribution is -0.112. The van der Waals surface area contributed by atoms with Crippen molar-refractivity contribution in [2.75, 3.05) is 11.9 Å².